The number of aromatic nitrogens is 4. The van der Waals surface area contributed by atoms with Gasteiger partial charge in [0.15, 0.2) is 0 Å². The zero-order valence-electron chi connectivity index (χ0n) is 20.8. The highest BCUT2D eigenvalue weighted by atomic mass is 79.9. The van der Waals surface area contributed by atoms with Crippen molar-refractivity contribution in [3.05, 3.63) is 165 Å². The second kappa shape index (κ2) is 12.1. The van der Waals surface area contributed by atoms with Crippen molar-refractivity contribution in [3.8, 4) is 33.9 Å². The van der Waals surface area contributed by atoms with E-state index in [1.165, 1.54) is 0 Å². The lowest BCUT2D eigenvalue weighted by molar-refractivity contribution is 0.981. The Labute approximate surface area is 233 Å². The molecule has 0 atom stereocenters. The van der Waals surface area contributed by atoms with Crippen molar-refractivity contribution in [1.82, 2.24) is 19.1 Å². The van der Waals surface area contributed by atoms with E-state index in [1.54, 1.807) is 39.7 Å². The summed E-state index contributed by atoms with van der Waals surface area (Å²) in [5.74, 6) is 0. The number of pyridine rings is 4. The van der Waals surface area contributed by atoms with Crippen LogP contribution in [0.25, 0.3) is 33.9 Å². The van der Waals surface area contributed by atoms with E-state index in [0.29, 0.717) is 4.47 Å². The molecule has 2 aromatic carbocycles. The van der Waals surface area contributed by atoms with Crippen molar-refractivity contribution in [2.45, 2.75) is 0 Å². The second-order valence-electron chi connectivity index (χ2n) is 8.48. The Morgan fingerprint density at radius 1 is 0.538 bits per heavy atom. The molecule has 190 valence electrons. The summed E-state index contributed by atoms with van der Waals surface area (Å²) < 4.78 is 3.77. The van der Waals surface area contributed by atoms with Gasteiger partial charge >= 0.3 is 0 Å². The zero-order valence-corrected chi connectivity index (χ0v) is 22.3. The largest absolute Gasteiger partial charge is 0.284 e. The van der Waals surface area contributed by atoms with Crippen molar-refractivity contribution >= 4 is 15.9 Å². The zero-order chi connectivity index (χ0) is 27.0. The normalized spacial score (nSPS) is 10.4. The van der Waals surface area contributed by atoms with Crippen LogP contribution in [0.3, 0.4) is 0 Å². The van der Waals surface area contributed by atoms with Crippen molar-refractivity contribution in [2.24, 2.45) is 0 Å². The fourth-order valence-corrected chi connectivity index (χ4v) is 4.40. The van der Waals surface area contributed by atoms with Gasteiger partial charge in [0.05, 0.1) is 15.9 Å². The fourth-order valence-electron chi connectivity index (χ4n) is 3.96. The monoisotopic (exact) mass is 574 g/mol. The lowest BCUT2D eigenvalue weighted by atomic mass is 10.2. The minimum Gasteiger partial charge on any atom is -0.284 e. The summed E-state index contributed by atoms with van der Waals surface area (Å²) in [5, 5.41) is 0. The van der Waals surface area contributed by atoms with E-state index in [9.17, 15) is 9.59 Å². The molecule has 0 saturated carbocycles. The first-order valence-electron chi connectivity index (χ1n) is 12.2. The standard InChI is InChI=1S/C16H11BrN2O.C16H12N2O/c17-14-10-12(15-8-4-5-9-18-15)11-19(16(14)20)13-6-2-1-3-7-13;19-16-10-9-13(15-8-4-5-11-17-15)12-18(16)14-6-2-1-3-7-14/h1-11H;1-12H. The van der Waals surface area contributed by atoms with Crippen molar-refractivity contribution in [2.75, 3.05) is 0 Å². The van der Waals surface area contributed by atoms with Crippen LogP contribution in [-0.4, -0.2) is 19.1 Å². The van der Waals surface area contributed by atoms with Gasteiger partial charge in [-0.15, -0.1) is 0 Å². The predicted molar refractivity (Wildman–Crippen MR) is 158 cm³/mol. The second-order valence-corrected chi connectivity index (χ2v) is 9.33. The van der Waals surface area contributed by atoms with Crippen molar-refractivity contribution in [1.29, 1.82) is 0 Å². The number of benzene rings is 2. The van der Waals surface area contributed by atoms with E-state index in [2.05, 4.69) is 25.9 Å². The van der Waals surface area contributed by atoms with E-state index >= 15 is 0 Å². The SMILES string of the molecule is O=c1c(Br)cc(-c2ccccn2)cn1-c1ccccc1.O=c1ccc(-c2ccccn2)cn1-c1ccccc1. The smallest absolute Gasteiger partial charge is 0.269 e. The maximum absolute atomic E-state index is 12.2. The number of hydrogen-bond donors (Lipinski definition) is 0. The molecule has 6 rings (SSSR count). The van der Waals surface area contributed by atoms with Gasteiger partial charge in [-0.25, -0.2) is 0 Å². The lowest BCUT2D eigenvalue weighted by Crippen LogP contribution is -2.18. The third-order valence-corrected chi connectivity index (χ3v) is 6.44. The summed E-state index contributed by atoms with van der Waals surface area (Å²) in [6, 6.07) is 35.7. The number of hydrogen-bond acceptors (Lipinski definition) is 4. The topological polar surface area (TPSA) is 69.8 Å². The Morgan fingerprint density at radius 2 is 1.05 bits per heavy atom. The van der Waals surface area contributed by atoms with Crippen LogP contribution in [0.1, 0.15) is 0 Å². The average molecular weight is 575 g/mol. The van der Waals surface area contributed by atoms with Gasteiger partial charge in [-0.05, 0) is 76.6 Å². The number of para-hydroxylation sites is 2. The van der Waals surface area contributed by atoms with Crippen LogP contribution in [0.2, 0.25) is 0 Å². The van der Waals surface area contributed by atoms with Gasteiger partial charge in [0.2, 0.25) is 0 Å². The molecule has 0 N–H and O–H groups in total. The highest BCUT2D eigenvalue weighted by Gasteiger charge is 2.08. The van der Waals surface area contributed by atoms with Gasteiger partial charge in [-0.2, -0.15) is 0 Å². The molecule has 0 aliphatic heterocycles. The summed E-state index contributed by atoms with van der Waals surface area (Å²) in [4.78, 5) is 32.8. The molecule has 39 heavy (non-hydrogen) atoms. The maximum atomic E-state index is 12.2. The van der Waals surface area contributed by atoms with E-state index in [-0.39, 0.29) is 11.1 Å². The Bertz CT molecular complexity index is 1790. The first-order chi connectivity index (χ1) is 19.1. The molecular weight excluding hydrogens is 552 g/mol. The number of nitrogens with zero attached hydrogens (tertiary/aromatic N) is 4. The molecular formula is C32H23BrN4O2. The van der Waals surface area contributed by atoms with E-state index in [4.69, 9.17) is 0 Å². The molecule has 0 amide bonds. The average Bonchev–Trinajstić information content (AvgIpc) is 3.01. The van der Waals surface area contributed by atoms with E-state index in [0.717, 1.165) is 33.9 Å². The van der Waals surface area contributed by atoms with Crippen molar-refractivity contribution in [3.63, 3.8) is 0 Å². The first kappa shape index (κ1) is 25.8. The number of halogens is 1. The Kier molecular flexibility index (Phi) is 8.00. The number of rotatable bonds is 4. The van der Waals surface area contributed by atoms with Crippen LogP contribution < -0.4 is 11.1 Å². The van der Waals surface area contributed by atoms with Gasteiger partial charge in [0.1, 0.15) is 0 Å². The lowest BCUT2D eigenvalue weighted by Gasteiger charge is -2.09. The molecule has 0 aliphatic carbocycles. The van der Waals surface area contributed by atoms with Gasteiger partial charge < -0.3 is 0 Å². The van der Waals surface area contributed by atoms with Gasteiger partial charge in [0, 0.05) is 53.4 Å². The molecule has 0 saturated heterocycles. The van der Waals surface area contributed by atoms with Crippen LogP contribution in [0.5, 0.6) is 0 Å². The summed E-state index contributed by atoms with van der Waals surface area (Å²) in [6.45, 7) is 0. The van der Waals surface area contributed by atoms with Crippen LogP contribution in [0, 0.1) is 0 Å². The summed E-state index contributed by atoms with van der Waals surface area (Å²) in [7, 11) is 0. The molecule has 0 bridgehead atoms. The minimum atomic E-state index is -0.0871. The summed E-state index contributed by atoms with van der Waals surface area (Å²) >= 11 is 3.33. The van der Waals surface area contributed by atoms with Crippen LogP contribution in [0.4, 0.5) is 0 Å². The van der Waals surface area contributed by atoms with Gasteiger partial charge in [-0.3, -0.25) is 28.7 Å². The highest BCUT2D eigenvalue weighted by Crippen LogP contribution is 2.20. The Morgan fingerprint density at radius 3 is 1.62 bits per heavy atom. The molecule has 6 aromatic rings. The van der Waals surface area contributed by atoms with Crippen LogP contribution in [-0.2, 0) is 0 Å². The summed E-state index contributed by atoms with van der Waals surface area (Å²) in [6.07, 6.45) is 7.11. The molecule has 0 unspecified atom stereocenters. The molecule has 0 fully saturated rings. The Hall–Kier alpha value is -4.88. The van der Waals surface area contributed by atoms with E-state index in [1.807, 2.05) is 109 Å². The Balaban J connectivity index is 0.000000158. The van der Waals surface area contributed by atoms with Gasteiger partial charge in [0.25, 0.3) is 11.1 Å². The fraction of sp³-hybridized carbons (Fsp3) is 0. The molecule has 6 nitrogen and oxygen atoms in total. The first-order valence-corrected chi connectivity index (χ1v) is 13.0. The maximum Gasteiger partial charge on any atom is 0.269 e. The third kappa shape index (κ3) is 6.17. The molecule has 4 aromatic heterocycles. The minimum absolute atomic E-state index is 0.0501. The summed E-state index contributed by atoms with van der Waals surface area (Å²) in [5.41, 5.74) is 5.04. The predicted octanol–water partition coefficient (Wildman–Crippen LogP) is 6.56. The van der Waals surface area contributed by atoms with Crippen molar-refractivity contribution < 1.29 is 0 Å². The van der Waals surface area contributed by atoms with Crippen LogP contribution in [0.15, 0.2) is 154 Å². The highest BCUT2D eigenvalue weighted by molar-refractivity contribution is 9.10. The van der Waals surface area contributed by atoms with Gasteiger partial charge in [-0.1, -0.05) is 48.5 Å². The molecule has 0 spiro atoms. The van der Waals surface area contributed by atoms with Crippen LogP contribution >= 0.6 is 15.9 Å². The molecule has 7 heteroatoms. The molecule has 0 radical (unpaired) electrons. The molecule has 4 heterocycles. The van der Waals surface area contributed by atoms with E-state index < -0.39 is 0 Å². The molecule has 0 aliphatic rings. The third-order valence-electron chi connectivity index (χ3n) is 5.87. The quantitative estimate of drug-likeness (QED) is 0.239.